The van der Waals surface area contributed by atoms with E-state index < -0.39 is 97.5 Å². The SMILES string of the molecule is CC/C=C\C/C=C\C/C=C\C/C=C\C/C=C\CCCC(=O)OCC(COP(=O)(O)OCC(O)COP(=O)(O)OCC(COC(=O)C/C=C\C/C=C\C/C=C\C/C=C\C/C=C\CC)OC(=O)CCCC/C=C\C/C=C\C/C=C\C/C=C\CC)OC(=O)CCCCCCCCCCCCCCCCC. The van der Waals surface area contributed by atoms with E-state index in [4.69, 9.17) is 37.0 Å². The summed E-state index contributed by atoms with van der Waals surface area (Å²) in [7, 11) is -10.0. The second-order valence-corrected chi connectivity index (χ2v) is 27.7. The number of phosphoric ester groups is 2. The molecule has 0 amide bonds. The van der Waals surface area contributed by atoms with Gasteiger partial charge >= 0.3 is 39.5 Å². The molecular formula is C83H134O17P2. The zero-order chi connectivity index (χ0) is 74.6. The third kappa shape index (κ3) is 72.8. The number of aliphatic hydroxyl groups is 1. The van der Waals surface area contributed by atoms with Gasteiger partial charge in [0.05, 0.1) is 32.8 Å². The second-order valence-electron chi connectivity index (χ2n) is 24.8. The fourth-order valence-electron chi connectivity index (χ4n) is 9.50. The molecular weight excluding hydrogens is 1330 g/mol. The maximum absolute atomic E-state index is 13.1. The molecule has 0 radical (unpaired) electrons. The number of hydrogen-bond donors (Lipinski definition) is 3. The van der Waals surface area contributed by atoms with Crippen LogP contribution in [0, 0.1) is 0 Å². The molecule has 0 rings (SSSR count). The summed E-state index contributed by atoms with van der Waals surface area (Å²) in [6.45, 7) is 4.28. The van der Waals surface area contributed by atoms with Crippen LogP contribution in [0.3, 0.4) is 0 Å². The third-order valence-corrected chi connectivity index (χ3v) is 17.1. The highest BCUT2D eigenvalue weighted by atomic mass is 31.2. The van der Waals surface area contributed by atoms with E-state index in [0.29, 0.717) is 38.5 Å². The lowest BCUT2D eigenvalue weighted by molar-refractivity contribution is -0.161. The maximum atomic E-state index is 13.1. The van der Waals surface area contributed by atoms with Gasteiger partial charge in [0.15, 0.2) is 12.2 Å². The largest absolute Gasteiger partial charge is 0.472 e. The Balaban J connectivity index is 5.52. The van der Waals surface area contributed by atoms with E-state index in [0.717, 1.165) is 116 Å². The minimum atomic E-state index is -5.02. The molecule has 0 saturated carbocycles. The molecule has 0 saturated heterocycles. The van der Waals surface area contributed by atoms with Gasteiger partial charge in [-0.3, -0.25) is 37.3 Å². The molecule has 0 bridgehead atoms. The van der Waals surface area contributed by atoms with Crippen LogP contribution in [0.2, 0.25) is 0 Å². The standard InChI is InChI=1S/C83H134O17P2/c1-5-9-13-17-21-25-29-33-37-38-42-44-48-52-56-60-64-68-81(86)94-74-79(100-83(88)70-66-62-58-54-50-46-41-36-32-28-24-20-16-12-8-4)76-98-102(91,92)96-72-77(84)71-95-101(89,90)97-75-78(99-82(87)69-65-61-57-53-49-45-40-35-31-27-23-19-15-11-7-3)73-93-80(85)67-63-59-55-51-47-43-39-34-30-26-22-18-14-10-6-2/h9-11,13-15,21-23,25-27,33-35,37,39-40,42,44,47,49,51-53,56,59,63,77-79,84H,5-8,12,16-20,24,28-32,36,38,41,43,45-46,48,50,54-55,57-58,60-62,64-76H2,1-4H3,(H,89,90)(H,91,92)/b13-9-,14-10-,15-11-,25-21-,26-22-,27-23-,37-33-,39-34-,40-35-,44-42-,51-47-,53-49-,56-52-,63-59-. The van der Waals surface area contributed by atoms with Crippen LogP contribution in [-0.4, -0.2) is 96.7 Å². The number of rotatable bonds is 70. The Morgan fingerprint density at radius 2 is 0.559 bits per heavy atom. The first-order chi connectivity index (χ1) is 49.7. The van der Waals surface area contributed by atoms with Gasteiger partial charge in [-0.05, 0) is 128 Å². The number of phosphoric acid groups is 2. The van der Waals surface area contributed by atoms with Crippen LogP contribution in [0.4, 0.5) is 0 Å². The summed E-state index contributed by atoms with van der Waals surface area (Å²) in [5.74, 6) is -2.45. The van der Waals surface area contributed by atoms with E-state index in [2.05, 4.69) is 155 Å². The Morgan fingerprint density at radius 1 is 0.294 bits per heavy atom. The van der Waals surface area contributed by atoms with Gasteiger partial charge in [0.25, 0.3) is 0 Å². The molecule has 17 nitrogen and oxygen atoms in total. The molecule has 578 valence electrons. The van der Waals surface area contributed by atoms with Crippen molar-refractivity contribution in [3.63, 3.8) is 0 Å². The van der Waals surface area contributed by atoms with Gasteiger partial charge in [0.1, 0.15) is 19.3 Å². The topological polar surface area (TPSA) is 237 Å². The number of carbonyl (C=O) groups is 4. The Labute approximate surface area is 616 Å². The molecule has 0 aliphatic rings. The summed E-state index contributed by atoms with van der Waals surface area (Å²) in [5.41, 5.74) is 0. The molecule has 102 heavy (non-hydrogen) atoms. The lowest BCUT2D eigenvalue weighted by atomic mass is 10.0. The highest BCUT2D eigenvalue weighted by Crippen LogP contribution is 2.45. The molecule has 3 N–H and O–H groups in total. The van der Waals surface area contributed by atoms with Crippen LogP contribution in [-0.2, 0) is 65.4 Å². The molecule has 0 aromatic carbocycles. The Hall–Kier alpha value is -5.58. The number of esters is 4. The van der Waals surface area contributed by atoms with Crippen molar-refractivity contribution in [3.8, 4) is 0 Å². The second kappa shape index (κ2) is 73.7. The van der Waals surface area contributed by atoms with Crippen LogP contribution in [0.15, 0.2) is 170 Å². The number of hydrogen-bond acceptors (Lipinski definition) is 15. The fourth-order valence-corrected chi connectivity index (χ4v) is 11.1. The maximum Gasteiger partial charge on any atom is 0.472 e. The number of ether oxygens (including phenoxy) is 4. The minimum absolute atomic E-state index is 0.0161. The molecule has 5 atom stereocenters. The molecule has 0 fully saturated rings. The summed E-state index contributed by atoms with van der Waals surface area (Å²) in [6.07, 6.45) is 86.7. The Morgan fingerprint density at radius 3 is 0.902 bits per heavy atom. The van der Waals surface area contributed by atoms with Crippen molar-refractivity contribution >= 4 is 39.5 Å². The zero-order valence-corrected chi connectivity index (χ0v) is 64.8. The van der Waals surface area contributed by atoms with Gasteiger partial charge in [-0.1, -0.05) is 288 Å². The molecule has 19 heteroatoms. The Kier molecular flexibility index (Phi) is 69.7. The van der Waals surface area contributed by atoms with Gasteiger partial charge in [0.2, 0.25) is 0 Å². The predicted molar refractivity (Wildman–Crippen MR) is 417 cm³/mol. The fraction of sp³-hybridized carbons (Fsp3) is 0.614. The number of aliphatic hydroxyl groups excluding tert-OH is 1. The quantitative estimate of drug-likeness (QED) is 0.0169. The summed E-state index contributed by atoms with van der Waals surface area (Å²) < 4.78 is 68.3. The van der Waals surface area contributed by atoms with Gasteiger partial charge in [-0.25, -0.2) is 9.13 Å². The molecule has 0 aliphatic heterocycles. The molecule has 0 aliphatic carbocycles. The van der Waals surface area contributed by atoms with Crippen LogP contribution in [0.5, 0.6) is 0 Å². The molecule has 0 heterocycles. The van der Waals surface area contributed by atoms with Crippen LogP contribution >= 0.6 is 15.6 Å². The van der Waals surface area contributed by atoms with Crippen LogP contribution in [0.1, 0.15) is 272 Å². The highest BCUT2D eigenvalue weighted by molar-refractivity contribution is 7.47. The third-order valence-electron chi connectivity index (χ3n) is 15.2. The van der Waals surface area contributed by atoms with E-state index in [1.165, 1.54) is 64.2 Å². The summed E-state index contributed by atoms with van der Waals surface area (Å²) in [4.78, 5) is 72.8. The first-order valence-corrected chi connectivity index (χ1v) is 41.4. The average molecular weight is 1470 g/mol. The van der Waals surface area contributed by atoms with Crippen molar-refractivity contribution < 1.29 is 80.2 Å². The molecule has 5 unspecified atom stereocenters. The van der Waals surface area contributed by atoms with E-state index in [-0.39, 0.29) is 25.7 Å². The minimum Gasteiger partial charge on any atom is -0.462 e. The predicted octanol–water partition coefficient (Wildman–Crippen LogP) is 22.2. The number of unbranched alkanes of at least 4 members (excludes halogenated alkanes) is 17. The monoisotopic (exact) mass is 1460 g/mol. The van der Waals surface area contributed by atoms with Gasteiger partial charge in [0, 0.05) is 19.3 Å². The van der Waals surface area contributed by atoms with E-state index in [1.807, 2.05) is 36.5 Å². The van der Waals surface area contributed by atoms with Crippen molar-refractivity contribution in [1.82, 2.24) is 0 Å². The van der Waals surface area contributed by atoms with Crippen molar-refractivity contribution in [2.45, 2.75) is 290 Å². The zero-order valence-electron chi connectivity index (χ0n) is 63.0. The Bertz CT molecular complexity index is 2600. The van der Waals surface area contributed by atoms with Crippen molar-refractivity contribution in [3.05, 3.63) is 170 Å². The lowest BCUT2D eigenvalue weighted by Gasteiger charge is -2.21. The lowest BCUT2D eigenvalue weighted by Crippen LogP contribution is -2.30. The number of carbonyl (C=O) groups excluding carboxylic acids is 4. The molecule has 0 aromatic rings. The van der Waals surface area contributed by atoms with Gasteiger partial charge in [-0.15, -0.1) is 0 Å². The first-order valence-electron chi connectivity index (χ1n) is 38.4. The van der Waals surface area contributed by atoms with Crippen LogP contribution in [0.25, 0.3) is 0 Å². The van der Waals surface area contributed by atoms with E-state index in [9.17, 15) is 43.2 Å². The highest BCUT2D eigenvalue weighted by Gasteiger charge is 2.30. The van der Waals surface area contributed by atoms with Gasteiger partial charge < -0.3 is 33.8 Å². The first kappa shape index (κ1) is 96.4. The average Bonchev–Trinajstić information content (AvgIpc) is 0.923. The van der Waals surface area contributed by atoms with Crippen LogP contribution < -0.4 is 0 Å². The summed E-state index contributed by atoms with van der Waals surface area (Å²) in [5, 5.41) is 10.6. The van der Waals surface area contributed by atoms with E-state index >= 15 is 0 Å². The normalized spacial score (nSPS) is 14.9. The van der Waals surface area contributed by atoms with Crippen molar-refractivity contribution in [2.75, 3.05) is 39.6 Å². The summed E-state index contributed by atoms with van der Waals surface area (Å²) in [6, 6.07) is 0. The van der Waals surface area contributed by atoms with Crippen molar-refractivity contribution in [2.24, 2.45) is 0 Å². The van der Waals surface area contributed by atoms with Crippen molar-refractivity contribution in [1.29, 1.82) is 0 Å². The molecule has 0 spiro atoms. The smallest absolute Gasteiger partial charge is 0.462 e. The molecule has 0 aromatic heterocycles. The summed E-state index contributed by atoms with van der Waals surface area (Å²) >= 11 is 0. The number of allylic oxidation sites excluding steroid dienone is 27. The van der Waals surface area contributed by atoms with Gasteiger partial charge in [-0.2, -0.15) is 0 Å². The van der Waals surface area contributed by atoms with E-state index in [1.54, 1.807) is 6.08 Å².